The van der Waals surface area contributed by atoms with E-state index in [1.54, 1.807) is 6.33 Å². The molecule has 0 aliphatic heterocycles. The fourth-order valence-electron chi connectivity index (χ4n) is 5.05. The smallest absolute Gasteiger partial charge is 0.143 e. The second-order valence-corrected chi connectivity index (χ2v) is 9.15. The molecule has 0 bridgehead atoms. The Bertz CT molecular complexity index is 923. The predicted octanol–water partition coefficient (Wildman–Crippen LogP) is 5.92. The number of anilines is 1. The van der Waals surface area contributed by atoms with Crippen molar-refractivity contribution in [3.05, 3.63) is 42.7 Å². The molecule has 3 N–H and O–H groups in total. The van der Waals surface area contributed by atoms with Gasteiger partial charge in [-0.05, 0) is 49.8 Å². The Morgan fingerprint density at radius 3 is 2.26 bits per heavy atom. The molecule has 2 heterocycles. The van der Waals surface area contributed by atoms with Crippen LogP contribution in [-0.2, 0) is 0 Å². The van der Waals surface area contributed by atoms with Crippen molar-refractivity contribution >= 4 is 16.9 Å². The summed E-state index contributed by atoms with van der Waals surface area (Å²) < 4.78 is 0. The number of aromatic nitrogens is 3. The van der Waals surface area contributed by atoms with E-state index in [1.165, 1.54) is 69.8 Å². The SMILES string of the molecule is CN(c1ncnc2[nH]c(-c3ccccc3)cc12)C1CCCCC1.NCC1CCCCC1. The standard InChI is InChI=1S/C19H22N4.C7H15N/c1-23(15-10-6-3-7-11-15)19-16-12-17(14-8-4-2-5-9-14)22-18(16)20-13-21-19;8-6-7-4-2-1-3-5-7/h2,4-5,8-9,12-13,15H,3,6-7,10-11H2,1H3,(H,20,21,22);7H,1-6,8H2. The molecular weight excluding hydrogens is 382 g/mol. The molecule has 0 atom stereocenters. The van der Waals surface area contributed by atoms with Gasteiger partial charge in [0.05, 0.1) is 5.39 Å². The van der Waals surface area contributed by atoms with Gasteiger partial charge in [0.1, 0.15) is 17.8 Å². The van der Waals surface area contributed by atoms with Crippen molar-refractivity contribution in [2.45, 2.75) is 70.3 Å². The molecule has 166 valence electrons. The second kappa shape index (κ2) is 10.8. The van der Waals surface area contributed by atoms with E-state index in [0.29, 0.717) is 6.04 Å². The number of nitrogens with two attached hydrogens (primary N) is 1. The summed E-state index contributed by atoms with van der Waals surface area (Å²) in [5.74, 6) is 1.91. The zero-order chi connectivity index (χ0) is 21.5. The number of fused-ring (bicyclic) bond motifs is 1. The van der Waals surface area contributed by atoms with E-state index in [1.807, 2.05) is 6.07 Å². The zero-order valence-corrected chi connectivity index (χ0v) is 18.9. The van der Waals surface area contributed by atoms with Crippen LogP contribution in [0.15, 0.2) is 42.7 Å². The fourth-order valence-corrected chi connectivity index (χ4v) is 5.05. The van der Waals surface area contributed by atoms with Crippen LogP contribution in [0.5, 0.6) is 0 Å². The quantitative estimate of drug-likeness (QED) is 0.551. The van der Waals surface area contributed by atoms with Crippen LogP contribution in [-0.4, -0.2) is 34.6 Å². The summed E-state index contributed by atoms with van der Waals surface area (Å²) in [6, 6.07) is 13.2. The molecule has 2 saturated carbocycles. The van der Waals surface area contributed by atoms with Crippen molar-refractivity contribution in [2.75, 3.05) is 18.5 Å². The molecule has 0 amide bonds. The highest BCUT2D eigenvalue weighted by atomic mass is 15.2. The van der Waals surface area contributed by atoms with Crippen molar-refractivity contribution < 1.29 is 0 Å². The van der Waals surface area contributed by atoms with Gasteiger partial charge in [0.15, 0.2) is 0 Å². The lowest BCUT2D eigenvalue weighted by Gasteiger charge is -2.32. The lowest BCUT2D eigenvalue weighted by molar-refractivity contribution is 0.366. The Labute approximate surface area is 186 Å². The maximum atomic E-state index is 5.50. The van der Waals surface area contributed by atoms with E-state index in [4.69, 9.17) is 5.73 Å². The first-order valence-electron chi connectivity index (χ1n) is 12.1. The first-order chi connectivity index (χ1) is 15.3. The van der Waals surface area contributed by atoms with Crippen LogP contribution in [0.2, 0.25) is 0 Å². The van der Waals surface area contributed by atoms with Crippen LogP contribution in [0, 0.1) is 5.92 Å². The summed E-state index contributed by atoms with van der Waals surface area (Å²) in [7, 11) is 2.17. The first kappa shape index (κ1) is 21.8. The highest BCUT2D eigenvalue weighted by Gasteiger charge is 2.21. The maximum absolute atomic E-state index is 5.50. The van der Waals surface area contributed by atoms with E-state index < -0.39 is 0 Å². The monoisotopic (exact) mass is 419 g/mol. The molecule has 5 rings (SSSR count). The first-order valence-corrected chi connectivity index (χ1v) is 12.1. The number of hydrogen-bond acceptors (Lipinski definition) is 4. The van der Waals surface area contributed by atoms with Gasteiger partial charge in [-0.25, -0.2) is 9.97 Å². The fraction of sp³-hybridized carbons (Fsp3) is 0.538. The minimum Gasteiger partial charge on any atom is -0.356 e. The summed E-state index contributed by atoms with van der Waals surface area (Å²) in [6.45, 7) is 0.917. The molecule has 5 nitrogen and oxygen atoms in total. The molecule has 1 aromatic carbocycles. The Balaban J connectivity index is 0.000000245. The van der Waals surface area contributed by atoms with E-state index in [2.05, 4.69) is 57.2 Å². The van der Waals surface area contributed by atoms with Gasteiger partial charge >= 0.3 is 0 Å². The number of nitrogens with one attached hydrogen (secondary N) is 1. The average molecular weight is 420 g/mol. The van der Waals surface area contributed by atoms with Gasteiger partial charge in [-0.15, -0.1) is 0 Å². The van der Waals surface area contributed by atoms with E-state index in [-0.39, 0.29) is 0 Å². The van der Waals surface area contributed by atoms with Gasteiger partial charge in [0.2, 0.25) is 0 Å². The molecule has 31 heavy (non-hydrogen) atoms. The van der Waals surface area contributed by atoms with Gasteiger partial charge in [-0.2, -0.15) is 0 Å². The van der Waals surface area contributed by atoms with Gasteiger partial charge in [-0.3, -0.25) is 0 Å². The summed E-state index contributed by atoms with van der Waals surface area (Å²) >= 11 is 0. The van der Waals surface area contributed by atoms with Gasteiger partial charge < -0.3 is 15.6 Å². The average Bonchev–Trinajstić information content (AvgIpc) is 3.30. The van der Waals surface area contributed by atoms with Crippen LogP contribution in [0.25, 0.3) is 22.3 Å². The normalized spacial score (nSPS) is 17.9. The van der Waals surface area contributed by atoms with E-state index >= 15 is 0 Å². The molecule has 3 aromatic rings. The summed E-state index contributed by atoms with van der Waals surface area (Å²) in [5.41, 5.74) is 8.69. The molecule has 5 heteroatoms. The van der Waals surface area contributed by atoms with E-state index in [9.17, 15) is 0 Å². The number of benzene rings is 1. The molecular formula is C26H37N5. The lowest BCUT2D eigenvalue weighted by Crippen LogP contribution is -2.34. The molecule has 2 fully saturated rings. The predicted molar refractivity (Wildman–Crippen MR) is 130 cm³/mol. The van der Waals surface area contributed by atoms with Gasteiger partial charge in [-0.1, -0.05) is 68.9 Å². The second-order valence-electron chi connectivity index (χ2n) is 9.15. The molecule has 0 radical (unpaired) electrons. The zero-order valence-electron chi connectivity index (χ0n) is 18.9. The lowest BCUT2D eigenvalue weighted by atomic mass is 9.90. The van der Waals surface area contributed by atoms with Gasteiger partial charge in [0, 0.05) is 18.8 Å². The Morgan fingerprint density at radius 1 is 0.935 bits per heavy atom. The molecule has 2 aliphatic carbocycles. The van der Waals surface area contributed by atoms with Crippen LogP contribution in [0.1, 0.15) is 64.2 Å². The van der Waals surface area contributed by atoms with Crippen molar-refractivity contribution in [2.24, 2.45) is 11.7 Å². The number of nitrogens with zero attached hydrogens (tertiary/aromatic N) is 3. The highest BCUT2D eigenvalue weighted by molar-refractivity contribution is 5.91. The van der Waals surface area contributed by atoms with Crippen LogP contribution < -0.4 is 10.6 Å². The summed E-state index contributed by atoms with van der Waals surface area (Å²) in [6.07, 6.45) is 15.3. The van der Waals surface area contributed by atoms with Crippen molar-refractivity contribution in [3.8, 4) is 11.3 Å². The Hall–Kier alpha value is -2.40. The third kappa shape index (κ3) is 5.45. The van der Waals surface area contributed by atoms with E-state index in [0.717, 1.165) is 35.0 Å². The summed E-state index contributed by atoms with van der Waals surface area (Å²) in [5, 5.41) is 1.11. The largest absolute Gasteiger partial charge is 0.356 e. The topological polar surface area (TPSA) is 70.8 Å². The number of rotatable bonds is 4. The maximum Gasteiger partial charge on any atom is 0.143 e. The molecule has 2 aromatic heterocycles. The minimum absolute atomic E-state index is 0.594. The van der Waals surface area contributed by atoms with Crippen molar-refractivity contribution in [1.82, 2.24) is 15.0 Å². The number of aromatic amines is 1. The molecule has 0 spiro atoms. The van der Waals surface area contributed by atoms with Crippen LogP contribution >= 0.6 is 0 Å². The Kier molecular flexibility index (Phi) is 7.57. The van der Waals surface area contributed by atoms with Crippen molar-refractivity contribution in [1.29, 1.82) is 0 Å². The molecule has 2 aliphatic rings. The number of H-pyrrole nitrogens is 1. The Morgan fingerprint density at radius 2 is 1.61 bits per heavy atom. The molecule has 0 saturated heterocycles. The highest BCUT2D eigenvalue weighted by Crippen LogP contribution is 2.31. The minimum atomic E-state index is 0.594. The van der Waals surface area contributed by atoms with Crippen molar-refractivity contribution in [3.63, 3.8) is 0 Å². The van der Waals surface area contributed by atoms with Crippen LogP contribution in [0.3, 0.4) is 0 Å². The van der Waals surface area contributed by atoms with Crippen LogP contribution in [0.4, 0.5) is 5.82 Å². The third-order valence-corrected chi connectivity index (χ3v) is 7.00. The molecule has 0 unspecified atom stereocenters. The van der Waals surface area contributed by atoms with Gasteiger partial charge in [0.25, 0.3) is 0 Å². The summed E-state index contributed by atoms with van der Waals surface area (Å²) in [4.78, 5) is 14.8. The third-order valence-electron chi connectivity index (χ3n) is 7.00. The number of hydrogen-bond donors (Lipinski definition) is 2.